The summed E-state index contributed by atoms with van der Waals surface area (Å²) in [7, 11) is 1.64. The Kier molecular flexibility index (Phi) is 4.80. The largest absolute Gasteiger partial charge is 0.478 e. The van der Waals surface area contributed by atoms with Gasteiger partial charge >= 0.3 is 5.97 Å². The number of ether oxygens (including phenoxy) is 1. The third-order valence-electron chi connectivity index (χ3n) is 3.69. The van der Waals surface area contributed by atoms with Crippen molar-refractivity contribution in [3.63, 3.8) is 0 Å². The average Bonchev–Trinajstić information content (AvgIpc) is 2.47. The van der Waals surface area contributed by atoms with Crippen LogP contribution >= 0.6 is 0 Å². The first-order chi connectivity index (χ1) is 9.99. The van der Waals surface area contributed by atoms with Crippen molar-refractivity contribution in [1.82, 2.24) is 0 Å². The Labute approximate surface area is 123 Å². The molecular weight excluding hydrogens is 272 g/mol. The quantitative estimate of drug-likeness (QED) is 0.827. The van der Waals surface area contributed by atoms with Crippen LogP contribution in [0.2, 0.25) is 0 Å². The van der Waals surface area contributed by atoms with Gasteiger partial charge in [0.1, 0.15) is 0 Å². The molecule has 1 fully saturated rings. The molecule has 1 heterocycles. The van der Waals surface area contributed by atoms with Crippen LogP contribution in [0.1, 0.15) is 36.0 Å². The van der Waals surface area contributed by atoms with Crippen LogP contribution in [0, 0.1) is 0 Å². The summed E-state index contributed by atoms with van der Waals surface area (Å²) in [5, 5.41) is 8.91. The highest BCUT2D eigenvalue weighted by Crippen LogP contribution is 2.25. The summed E-state index contributed by atoms with van der Waals surface area (Å²) < 4.78 is 5.56. The number of benzene rings is 1. The van der Waals surface area contributed by atoms with Crippen LogP contribution in [0.5, 0.6) is 0 Å². The Hall–Kier alpha value is -2.08. The molecule has 1 aromatic carbocycles. The van der Waals surface area contributed by atoms with Crippen molar-refractivity contribution in [2.45, 2.75) is 31.8 Å². The monoisotopic (exact) mass is 292 g/mol. The second-order valence-corrected chi connectivity index (χ2v) is 5.22. The lowest BCUT2D eigenvalue weighted by molar-refractivity contribution is -0.122. The number of nitrogens with zero attached hydrogens (tertiary/aromatic N) is 1. The number of nitrogen functional groups attached to an aromatic ring is 1. The molecule has 3 N–H and O–H groups in total. The van der Waals surface area contributed by atoms with E-state index in [4.69, 9.17) is 15.6 Å². The fraction of sp³-hybridized carbons (Fsp3) is 0.467. The van der Waals surface area contributed by atoms with Crippen molar-refractivity contribution in [1.29, 1.82) is 0 Å². The van der Waals surface area contributed by atoms with E-state index in [0.29, 0.717) is 18.7 Å². The predicted molar refractivity (Wildman–Crippen MR) is 79.4 cm³/mol. The van der Waals surface area contributed by atoms with Gasteiger partial charge in [-0.2, -0.15) is 0 Å². The number of carboxylic acids is 1. The van der Waals surface area contributed by atoms with Crippen LogP contribution in [0.4, 0.5) is 11.4 Å². The zero-order valence-electron chi connectivity index (χ0n) is 12.0. The minimum atomic E-state index is -1.04. The summed E-state index contributed by atoms with van der Waals surface area (Å²) in [6.07, 6.45) is 3.30. The summed E-state index contributed by atoms with van der Waals surface area (Å²) in [4.78, 5) is 24.6. The van der Waals surface area contributed by atoms with Crippen LogP contribution in [-0.2, 0) is 9.53 Å². The summed E-state index contributed by atoms with van der Waals surface area (Å²) in [5.41, 5.74) is 6.74. The van der Waals surface area contributed by atoms with E-state index >= 15 is 0 Å². The standard InChI is InChI=1S/C15H20N2O4/c1-17(14(18)9-11-4-2-3-7-21-11)13-6-5-10(15(19)20)8-12(13)16/h5-6,8,11H,2-4,7,9,16H2,1H3,(H,19,20). The first-order valence-corrected chi connectivity index (χ1v) is 7.00. The van der Waals surface area contributed by atoms with Crippen molar-refractivity contribution in [3.8, 4) is 0 Å². The molecular formula is C15H20N2O4. The van der Waals surface area contributed by atoms with E-state index in [1.165, 1.54) is 17.0 Å². The molecule has 1 atom stereocenters. The van der Waals surface area contributed by atoms with Gasteiger partial charge in [0.2, 0.25) is 5.91 Å². The van der Waals surface area contributed by atoms with Gasteiger partial charge in [-0.25, -0.2) is 4.79 Å². The molecule has 6 heteroatoms. The van der Waals surface area contributed by atoms with Gasteiger partial charge in [-0.05, 0) is 37.5 Å². The first-order valence-electron chi connectivity index (χ1n) is 7.00. The highest BCUT2D eigenvalue weighted by Gasteiger charge is 2.21. The smallest absolute Gasteiger partial charge is 0.335 e. The maximum Gasteiger partial charge on any atom is 0.335 e. The SMILES string of the molecule is CN(C(=O)CC1CCCCO1)c1ccc(C(=O)O)cc1N. The van der Waals surface area contributed by atoms with Gasteiger partial charge in [0.05, 0.1) is 29.5 Å². The molecule has 1 aliphatic heterocycles. The van der Waals surface area contributed by atoms with Gasteiger partial charge in [0.15, 0.2) is 0 Å². The molecule has 21 heavy (non-hydrogen) atoms. The van der Waals surface area contributed by atoms with Crippen molar-refractivity contribution >= 4 is 23.3 Å². The molecule has 1 saturated heterocycles. The minimum Gasteiger partial charge on any atom is -0.478 e. The Bertz CT molecular complexity index is 538. The molecule has 0 aliphatic carbocycles. The van der Waals surface area contributed by atoms with Gasteiger partial charge in [-0.3, -0.25) is 4.79 Å². The maximum atomic E-state index is 12.3. The van der Waals surface area contributed by atoms with E-state index in [-0.39, 0.29) is 23.3 Å². The fourth-order valence-electron chi connectivity index (χ4n) is 2.43. The Balaban J connectivity index is 2.06. The molecule has 1 amide bonds. The Morgan fingerprint density at radius 1 is 1.43 bits per heavy atom. The van der Waals surface area contributed by atoms with Crippen molar-refractivity contribution < 1.29 is 19.4 Å². The maximum absolute atomic E-state index is 12.3. The molecule has 114 valence electrons. The second kappa shape index (κ2) is 6.58. The van der Waals surface area contributed by atoms with E-state index in [0.717, 1.165) is 19.3 Å². The molecule has 0 spiro atoms. The normalized spacial score (nSPS) is 18.2. The van der Waals surface area contributed by atoms with Gasteiger partial charge in [-0.1, -0.05) is 0 Å². The molecule has 0 saturated carbocycles. The predicted octanol–water partition coefficient (Wildman–Crippen LogP) is 1.89. The van der Waals surface area contributed by atoms with Crippen molar-refractivity contribution in [3.05, 3.63) is 23.8 Å². The summed E-state index contributed by atoms with van der Waals surface area (Å²) in [6.45, 7) is 0.705. The summed E-state index contributed by atoms with van der Waals surface area (Å²) in [6, 6.07) is 4.35. The van der Waals surface area contributed by atoms with E-state index < -0.39 is 5.97 Å². The van der Waals surface area contributed by atoms with E-state index in [1.807, 2.05) is 0 Å². The number of hydrogen-bond donors (Lipinski definition) is 2. The van der Waals surface area contributed by atoms with Gasteiger partial charge < -0.3 is 20.5 Å². The number of nitrogens with two attached hydrogens (primary N) is 1. The van der Waals surface area contributed by atoms with Crippen LogP contribution in [0.25, 0.3) is 0 Å². The molecule has 0 radical (unpaired) electrons. The lowest BCUT2D eigenvalue weighted by Gasteiger charge is -2.25. The van der Waals surface area contributed by atoms with Crippen LogP contribution in [0.15, 0.2) is 18.2 Å². The first kappa shape index (κ1) is 15.3. The van der Waals surface area contributed by atoms with Crippen LogP contribution in [0.3, 0.4) is 0 Å². The van der Waals surface area contributed by atoms with E-state index in [2.05, 4.69) is 0 Å². The number of carboxylic acid groups (broad SMARTS) is 1. The molecule has 1 aliphatic rings. The van der Waals surface area contributed by atoms with Crippen LogP contribution < -0.4 is 10.6 Å². The number of amides is 1. The third-order valence-corrected chi connectivity index (χ3v) is 3.69. The number of hydrogen-bond acceptors (Lipinski definition) is 4. The summed E-state index contributed by atoms with van der Waals surface area (Å²) in [5.74, 6) is -1.13. The van der Waals surface area contributed by atoms with Crippen molar-refractivity contribution in [2.75, 3.05) is 24.3 Å². The molecule has 2 rings (SSSR count). The highest BCUT2D eigenvalue weighted by molar-refractivity contribution is 5.98. The fourth-order valence-corrected chi connectivity index (χ4v) is 2.43. The lowest BCUT2D eigenvalue weighted by Crippen LogP contribution is -2.32. The Morgan fingerprint density at radius 2 is 2.19 bits per heavy atom. The zero-order chi connectivity index (χ0) is 15.4. The molecule has 0 aromatic heterocycles. The minimum absolute atomic E-state index is 0.0341. The zero-order valence-corrected chi connectivity index (χ0v) is 12.0. The van der Waals surface area contributed by atoms with Gasteiger partial charge in [-0.15, -0.1) is 0 Å². The van der Waals surface area contributed by atoms with Gasteiger partial charge in [0.25, 0.3) is 0 Å². The van der Waals surface area contributed by atoms with E-state index in [1.54, 1.807) is 13.1 Å². The molecule has 1 unspecified atom stereocenters. The number of carbonyl (C=O) groups is 2. The second-order valence-electron chi connectivity index (χ2n) is 5.22. The van der Waals surface area contributed by atoms with E-state index in [9.17, 15) is 9.59 Å². The van der Waals surface area contributed by atoms with Gasteiger partial charge in [0, 0.05) is 13.7 Å². The number of carbonyl (C=O) groups excluding carboxylic acids is 1. The third kappa shape index (κ3) is 3.72. The molecule has 6 nitrogen and oxygen atoms in total. The topological polar surface area (TPSA) is 92.9 Å². The number of aromatic carboxylic acids is 1. The lowest BCUT2D eigenvalue weighted by atomic mass is 10.1. The highest BCUT2D eigenvalue weighted by atomic mass is 16.5. The average molecular weight is 292 g/mol. The molecule has 0 bridgehead atoms. The van der Waals surface area contributed by atoms with Crippen LogP contribution in [-0.4, -0.2) is 36.7 Å². The summed E-state index contributed by atoms with van der Waals surface area (Å²) >= 11 is 0. The van der Waals surface area contributed by atoms with Crippen molar-refractivity contribution in [2.24, 2.45) is 0 Å². The Morgan fingerprint density at radius 3 is 2.76 bits per heavy atom. The number of anilines is 2. The number of rotatable bonds is 4. The molecule has 1 aromatic rings.